The first-order chi connectivity index (χ1) is 16.7. The second-order valence-corrected chi connectivity index (χ2v) is 12.9. The van der Waals surface area contributed by atoms with Gasteiger partial charge in [0.05, 0.1) is 16.5 Å². The predicted octanol–water partition coefficient (Wildman–Crippen LogP) is 3.98. The van der Waals surface area contributed by atoms with E-state index in [4.69, 9.17) is 4.74 Å². The lowest BCUT2D eigenvalue weighted by Crippen LogP contribution is -2.62. The van der Waals surface area contributed by atoms with Crippen LogP contribution in [-0.2, 0) is 20.9 Å². The minimum absolute atomic E-state index is 0.00770. The Bertz CT molecular complexity index is 1060. The van der Waals surface area contributed by atoms with Gasteiger partial charge >= 0.3 is 12.3 Å². The Morgan fingerprint density at radius 2 is 1.78 bits per heavy atom. The molecule has 3 aliphatic rings. The Labute approximate surface area is 209 Å². The molecule has 4 rings (SSSR count). The number of sulfonamides is 1. The van der Waals surface area contributed by atoms with E-state index in [1.165, 1.54) is 9.21 Å². The normalized spacial score (nSPS) is 29.8. The first-order valence-electron chi connectivity index (χ1n) is 12.3. The van der Waals surface area contributed by atoms with Gasteiger partial charge in [0, 0.05) is 31.3 Å². The summed E-state index contributed by atoms with van der Waals surface area (Å²) in [6.07, 6.45) is -3.01. The van der Waals surface area contributed by atoms with Crippen LogP contribution in [0.4, 0.5) is 18.0 Å². The van der Waals surface area contributed by atoms with Gasteiger partial charge in [-0.3, -0.25) is 10.2 Å². The molecule has 2 heterocycles. The molecule has 0 aromatic heterocycles. The van der Waals surface area contributed by atoms with Crippen molar-refractivity contribution in [2.24, 2.45) is 11.8 Å². The first kappa shape index (κ1) is 27.2. The topological polar surface area (TPSA) is 99.2 Å². The molecule has 12 heteroatoms. The number of alkyl halides is 3. The number of rotatable bonds is 5. The molecule has 2 aliphatic heterocycles. The molecule has 3 fully saturated rings. The standard InChI is InChI=1S/C24H34F3N3O5S/c1-23(2,3)30(22(31)32)20-5-4-12-35-21(20)28-19-11-6-15-13-29(14-18(15)19)36(33,34)17-9-7-16(8-10-17)24(25,26)27/h7-10,15,18-21,28H,4-6,11-14H2,1-3H3,(H,31,32). The van der Waals surface area contributed by atoms with Gasteiger partial charge in [-0.15, -0.1) is 0 Å². The number of amides is 1. The molecule has 2 N–H and O–H groups in total. The Kier molecular flexibility index (Phi) is 7.37. The number of carboxylic acid groups (broad SMARTS) is 1. The molecule has 1 aromatic rings. The van der Waals surface area contributed by atoms with Gasteiger partial charge < -0.3 is 9.84 Å². The molecular weight excluding hydrogens is 499 g/mol. The summed E-state index contributed by atoms with van der Waals surface area (Å²) in [6, 6.07) is 3.17. The Hall–Kier alpha value is -1.89. The molecule has 202 valence electrons. The van der Waals surface area contributed by atoms with Crippen molar-refractivity contribution in [3.8, 4) is 0 Å². The number of hydrogen-bond donors (Lipinski definition) is 2. The highest BCUT2D eigenvalue weighted by Crippen LogP contribution is 2.41. The number of nitrogens with one attached hydrogen (secondary N) is 1. The number of ether oxygens (including phenoxy) is 1. The van der Waals surface area contributed by atoms with E-state index in [9.17, 15) is 31.5 Å². The van der Waals surface area contributed by atoms with E-state index < -0.39 is 39.6 Å². The fraction of sp³-hybridized carbons (Fsp3) is 0.708. The van der Waals surface area contributed by atoms with Crippen molar-refractivity contribution in [2.45, 2.75) is 81.4 Å². The predicted molar refractivity (Wildman–Crippen MR) is 126 cm³/mol. The van der Waals surface area contributed by atoms with Crippen LogP contribution in [0.1, 0.15) is 52.0 Å². The van der Waals surface area contributed by atoms with Crippen molar-refractivity contribution in [3.63, 3.8) is 0 Å². The van der Waals surface area contributed by atoms with Crippen LogP contribution in [0.2, 0.25) is 0 Å². The summed E-state index contributed by atoms with van der Waals surface area (Å²) in [5.41, 5.74) is -1.51. The average Bonchev–Trinajstić information content (AvgIpc) is 3.36. The van der Waals surface area contributed by atoms with Crippen LogP contribution in [0, 0.1) is 11.8 Å². The van der Waals surface area contributed by atoms with Gasteiger partial charge in [-0.1, -0.05) is 0 Å². The van der Waals surface area contributed by atoms with Crippen LogP contribution in [0.25, 0.3) is 0 Å². The molecule has 1 aliphatic carbocycles. The van der Waals surface area contributed by atoms with Crippen LogP contribution in [0.15, 0.2) is 29.2 Å². The SMILES string of the molecule is CC(C)(C)N(C(=O)O)C1CCCOC1NC1CCC2CN(S(=O)(=O)c3ccc(C(F)(F)F)cc3)CC21. The van der Waals surface area contributed by atoms with Gasteiger partial charge in [0.25, 0.3) is 0 Å². The van der Waals surface area contributed by atoms with Crippen molar-refractivity contribution in [1.82, 2.24) is 14.5 Å². The zero-order chi connectivity index (χ0) is 26.5. The van der Waals surface area contributed by atoms with Crippen molar-refractivity contribution < 1.29 is 36.2 Å². The molecule has 1 amide bonds. The largest absolute Gasteiger partial charge is 0.465 e. The zero-order valence-corrected chi connectivity index (χ0v) is 21.5. The van der Waals surface area contributed by atoms with Gasteiger partial charge in [0.15, 0.2) is 0 Å². The van der Waals surface area contributed by atoms with E-state index in [1.54, 1.807) is 0 Å². The smallest absolute Gasteiger partial charge is 0.416 e. The average molecular weight is 534 g/mol. The molecule has 0 spiro atoms. The summed E-state index contributed by atoms with van der Waals surface area (Å²) in [5.74, 6) is 0.125. The van der Waals surface area contributed by atoms with E-state index in [-0.39, 0.29) is 35.4 Å². The lowest BCUT2D eigenvalue weighted by atomic mass is 9.95. The van der Waals surface area contributed by atoms with Crippen molar-refractivity contribution in [2.75, 3.05) is 19.7 Å². The van der Waals surface area contributed by atoms with E-state index in [0.717, 1.165) is 43.5 Å². The third-order valence-electron chi connectivity index (χ3n) is 7.57. The number of nitrogens with zero attached hydrogens (tertiary/aromatic N) is 2. The van der Waals surface area contributed by atoms with Crippen molar-refractivity contribution in [1.29, 1.82) is 0 Å². The van der Waals surface area contributed by atoms with Crippen LogP contribution in [0.5, 0.6) is 0 Å². The molecule has 5 atom stereocenters. The molecule has 2 saturated heterocycles. The lowest BCUT2D eigenvalue weighted by Gasteiger charge is -2.46. The Morgan fingerprint density at radius 1 is 1.11 bits per heavy atom. The molecular formula is C24H34F3N3O5S. The van der Waals surface area contributed by atoms with Gasteiger partial charge in [-0.25, -0.2) is 13.2 Å². The van der Waals surface area contributed by atoms with E-state index in [1.807, 2.05) is 20.8 Å². The van der Waals surface area contributed by atoms with Gasteiger partial charge in [-0.2, -0.15) is 17.5 Å². The maximum absolute atomic E-state index is 13.2. The number of fused-ring (bicyclic) bond motifs is 1. The number of hydrogen-bond acceptors (Lipinski definition) is 5. The van der Waals surface area contributed by atoms with E-state index in [0.29, 0.717) is 19.6 Å². The molecule has 0 radical (unpaired) electrons. The minimum Gasteiger partial charge on any atom is -0.465 e. The Balaban J connectivity index is 1.47. The van der Waals surface area contributed by atoms with Gasteiger partial charge in [-0.05, 0) is 82.6 Å². The molecule has 0 bridgehead atoms. The second-order valence-electron chi connectivity index (χ2n) is 10.9. The number of halogens is 3. The highest BCUT2D eigenvalue weighted by molar-refractivity contribution is 7.89. The monoisotopic (exact) mass is 533 g/mol. The van der Waals surface area contributed by atoms with Crippen LogP contribution >= 0.6 is 0 Å². The van der Waals surface area contributed by atoms with E-state index >= 15 is 0 Å². The summed E-state index contributed by atoms with van der Waals surface area (Å²) in [6.45, 7) is 6.62. The van der Waals surface area contributed by atoms with Gasteiger partial charge in [0.2, 0.25) is 10.0 Å². The molecule has 36 heavy (non-hydrogen) atoms. The second kappa shape index (κ2) is 9.77. The summed E-state index contributed by atoms with van der Waals surface area (Å²) in [4.78, 5) is 13.4. The van der Waals surface area contributed by atoms with Crippen LogP contribution in [-0.4, -0.2) is 72.4 Å². The highest BCUT2D eigenvalue weighted by atomic mass is 32.2. The van der Waals surface area contributed by atoms with Crippen LogP contribution in [0.3, 0.4) is 0 Å². The van der Waals surface area contributed by atoms with Gasteiger partial charge in [0.1, 0.15) is 6.23 Å². The lowest BCUT2D eigenvalue weighted by molar-refractivity contribution is -0.137. The summed E-state index contributed by atoms with van der Waals surface area (Å²) in [5, 5.41) is 13.4. The third kappa shape index (κ3) is 5.36. The molecule has 1 saturated carbocycles. The van der Waals surface area contributed by atoms with Crippen molar-refractivity contribution in [3.05, 3.63) is 29.8 Å². The molecule has 5 unspecified atom stereocenters. The highest BCUT2D eigenvalue weighted by Gasteiger charge is 2.48. The minimum atomic E-state index is -4.53. The maximum atomic E-state index is 13.2. The molecule has 8 nitrogen and oxygen atoms in total. The summed E-state index contributed by atoms with van der Waals surface area (Å²) < 4.78 is 72.4. The number of benzene rings is 1. The maximum Gasteiger partial charge on any atom is 0.416 e. The first-order valence-corrected chi connectivity index (χ1v) is 13.7. The Morgan fingerprint density at radius 3 is 2.36 bits per heavy atom. The quantitative estimate of drug-likeness (QED) is 0.594. The number of carbonyl (C=O) groups is 1. The van der Waals surface area contributed by atoms with Crippen molar-refractivity contribution >= 4 is 16.1 Å². The molecule has 1 aromatic carbocycles. The fourth-order valence-electron chi connectivity index (χ4n) is 5.92. The fourth-order valence-corrected chi connectivity index (χ4v) is 7.45. The summed E-state index contributed by atoms with van der Waals surface area (Å²) in [7, 11) is -3.93. The zero-order valence-electron chi connectivity index (χ0n) is 20.7. The van der Waals surface area contributed by atoms with E-state index in [2.05, 4.69) is 5.32 Å². The van der Waals surface area contributed by atoms with Crippen LogP contribution < -0.4 is 5.32 Å². The summed E-state index contributed by atoms with van der Waals surface area (Å²) >= 11 is 0. The third-order valence-corrected chi connectivity index (χ3v) is 9.42.